The molecule has 0 bridgehead atoms. The molecule has 1 amide bonds. The van der Waals surface area contributed by atoms with Crippen molar-refractivity contribution in [1.29, 1.82) is 0 Å². The monoisotopic (exact) mass is 237 g/mol. The van der Waals surface area contributed by atoms with Crippen LogP contribution in [0.15, 0.2) is 18.2 Å². The second-order valence-corrected chi connectivity index (χ2v) is 4.09. The first kappa shape index (κ1) is 13.4. The van der Waals surface area contributed by atoms with E-state index in [2.05, 4.69) is 0 Å². The Morgan fingerprint density at radius 1 is 1.29 bits per heavy atom. The van der Waals surface area contributed by atoms with Crippen molar-refractivity contribution >= 4 is 17.4 Å². The fourth-order valence-corrected chi connectivity index (χ4v) is 1.43. The molecule has 0 radical (unpaired) electrons. The van der Waals surface area contributed by atoms with Crippen LogP contribution >= 0.6 is 0 Å². The molecule has 3 nitrogen and oxygen atoms in total. The average Bonchev–Trinajstić information content (AvgIpc) is 2.28. The van der Waals surface area contributed by atoms with Crippen molar-refractivity contribution in [1.82, 2.24) is 0 Å². The number of amides is 1. The fourth-order valence-electron chi connectivity index (χ4n) is 1.43. The molecule has 0 aliphatic carbocycles. The summed E-state index contributed by atoms with van der Waals surface area (Å²) in [5.74, 6) is -0.452. The molecular formula is C13H16FNO2. The number of hydrogen-bond acceptors (Lipinski definition) is 2. The van der Waals surface area contributed by atoms with E-state index < -0.39 is 0 Å². The maximum atomic E-state index is 13.1. The van der Waals surface area contributed by atoms with Crippen LogP contribution in [0, 0.1) is 12.7 Å². The maximum absolute atomic E-state index is 13.1. The molecule has 1 aromatic carbocycles. The number of halogens is 1. The number of nitrogens with zero attached hydrogens (tertiary/aromatic N) is 1. The van der Waals surface area contributed by atoms with E-state index in [4.69, 9.17) is 0 Å². The van der Waals surface area contributed by atoms with Crippen molar-refractivity contribution in [3.8, 4) is 0 Å². The van der Waals surface area contributed by atoms with Crippen molar-refractivity contribution < 1.29 is 14.0 Å². The maximum Gasteiger partial charge on any atom is 0.227 e. The normalized spacial score (nSPS) is 10.1. The van der Waals surface area contributed by atoms with E-state index in [1.54, 1.807) is 26.1 Å². The minimum absolute atomic E-state index is 0.0120. The van der Waals surface area contributed by atoms with E-state index in [1.807, 2.05) is 0 Å². The summed E-state index contributed by atoms with van der Waals surface area (Å²) in [6, 6.07) is 4.49. The Morgan fingerprint density at radius 2 is 1.94 bits per heavy atom. The van der Waals surface area contributed by atoms with Crippen LogP contribution in [-0.4, -0.2) is 18.7 Å². The van der Waals surface area contributed by atoms with Crippen LogP contribution in [0.3, 0.4) is 0 Å². The molecule has 0 spiro atoms. The topological polar surface area (TPSA) is 37.4 Å². The molecule has 0 saturated heterocycles. The number of aryl methyl sites for hydroxylation is 1. The van der Waals surface area contributed by atoms with E-state index in [9.17, 15) is 14.0 Å². The van der Waals surface area contributed by atoms with Gasteiger partial charge < -0.3 is 9.69 Å². The van der Waals surface area contributed by atoms with E-state index in [0.29, 0.717) is 11.3 Å². The minimum atomic E-state index is -0.293. The number of ketones is 1. The Kier molecular flexibility index (Phi) is 4.37. The summed E-state index contributed by atoms with van der Waals surface area (Å²) in [6.07, 6.45) is 0.422. The predicted octanol–water partition coefficient (Wildman–Crippen LogP) is 2.47. The minimum Gasteiger partial charge on any atom is -0.315 e. The molecule has 0 aliphatic heterocycles. The van der Waals surface area contributed by atoms with Crippen LogP contribution < -0.4 is 4.90 Å². The Hall–Kier alpha value is -1.71. The summed E-state index contributed by atoms with van der Waals surface area (Å²) in [7, 11) is 1.62. The summed E-state index contributed by atoms with van der Waals surface area (Å²) in [5, 5.41) is 0. The van der Waals surface area contributed by atoms with Crippen molar-refractivity contribution in [2.24, 2.45) is 0 Å². The fraction of sp³-hybridized carbons (Fsp3) is 0.385. The SMILES string of the molecule is CC(=O)CCC(=O)N(C)c1ccc(F)c(C)c1. The highest BCUT2D eigenvalue weighted by Crippen LogP contribution is 2.18. The molecule has 0 aliphatic rings. The molecule has 0 saturated carbocycles. The van der Waals surface area contributed by atoms with Gasteiger partial charge in [0.1, 0.15) is 11.6 Å². The molecule has 92 valence electrons. The third-order valence-corrected chi connectivity index (χ3v) is 2.59. The van der Waals surface area contributed by atoms with Gasteiger partial charge in [-0.2, -0.15) is 0 Å². The van der Waals surface area contributed by atoms with Gasteiger partial charge in [-0.25, -0.2) is 4.39 Å². The van der Waals surface area contributed by atoms with E-state index >= 15 is 0 Å². The summed E-state index contributed by atoms with van der Waals surface area (Å²) in [5.41, 5.74) is 1.13. The molecule has 0 aromatic heterocycles. The predicted molar refractivity (Wildman–Crippen MR) is 64.5 cm³/mol. The Labute approximate surface area is 100 Å². The Balaban J connectivity index is 2.74. The second kappa shape index (κ2) is 5.57. The van der Waals surface area contributed by atoms with Gasteiger partial charge >= 0.3 is 0 Å². The van der Waals surface area contributed by atoms with Crippen LogP contribution in [0.5, 0.6) is 0 Å². The lowest BCUT2D eigenvalue weighted by Gasteiger charge is -2.17. The van der Waals surface area contributed by atoms with Gasteiger partial charge in [0.25, 0.3) is 0 Å². The quantitative estimate of drug-likeness (QED) is 0.806. The van der Waals surface area contributed by atoms with Crippen molar-refractivity contribution in [2.45, 2.75) is 26.7 Å². The number of carbonyl (C=O) groups is 2. The van der Waals surface area contributed by atoms with Crippen molar-refractivity contribution in [2.75, 3.05) is 11.9 Å². The number of anilines is 1. The van der Waals surface area contributed by atoms with Gasteiger partial charge in [-0.15, -0.1) is 0 Å². The zero-order valence-corrected chi connectivity index (χ0v) is 10.3. The molecular weight excluding hydrogens is 221 g/mol. The van der Waals surface area contributed by atoms with Gasteiger partial charge in [-0.3, -0.25) is 4.79 Å². The summed E-state index contributed by atoms with van der Waals surface area (Å²) >= 11 is 0. The largest absolute Gasteiger partial charge is 0.315 e. The number of rotatable bonds is 4. The first-order valence-corrected chi connectivity index (χ1v) is 5.44. The van der Waals surface area contributed by atoms with Crippen LogP contribution in [0.25, 0.3) is 0 Å². The standard InChI is InChI=1S/C13H16FNO2/c1-9-8-11(5-6-12(9)14)15(3)13(17)7-4-10(2)16/h5-6,8H,4,7H2,1-3H3. The lowest BCUT2D eigenvalue weighted by Crippen LogP contribution is -2.26. The zero-order chi connectivity index (χ0) is 13.0. The van der Waals surface area contributed by atoms with E-state index in [1.165, 1.54) is 17.9 Å². The molecule has 1 rings (SSSR count). The Morgan fingerprint density at radius 3 is 2.47 bits per heavy atom. The molecule has 0 atom stereocenters. The molecule has 0 fully saturated rings. The van der Waals surface area contributed by atoms with Crippen LogP contribution in [0.4, 0.5) is 10.1 Å². The average molecular weight is 237 g/mol. The highest BCUT2D eigenvalue weighted by molar-refractivity contribution is 5.94. The molecule has 1 aromatic rings. The molecule has 4 heteroatoms. The van der Waals surface area contributed by atoms with E-state index in [-0.39, 0.29) is 30.3 Å². The number of benzene rings is 1. The highest BCUT2D eigenvalue weighted by Gasteiger charge is 2.12. The molecule has 0 N–H and O–H groups in total. The number of Topliss-reactive ketones (excluding diaryl/α,β-unsaturated/α-hetero) is 1. The van der Waals surface area contributed by atoms with Crippen molar-refractivity contribution in [3.05, 3.63) is 29.6 Å². The summed E-state index contributed by atoms with van der Waals surface area (Å²) < 4.78 is 13.1. The lowest BCUT2D eigenvalue weighted by atomic mass is 10.1. The summed E-state index contributed by atoms with van der Waals surface area (Å²) in [4.78, 5) is 23.9. The third-order valence-electron chi connectivity index (χ3n) is 2.59. The lowest BCUT2D eigenvalue weighted by molar-refractivity contribution is -0.122. The van der Waals surface area contributed by atoms with Gasteiger partial charge in [-0.05, 0) is 37.6 Å². The van der Waals surface area contributed by atoms with Crippen LogP contribution in [0.1, 0.15) is 25.3 Å². The van der Waals surface area contributed by atoms with Crippen LogP contribution in [-0.2, 0) is 9.59 Å². The first-order chi connectivity index (χ1) is 7.91. The van der Waals surface area contributed by atoms with Gasteiger partial charge in [-0.1, -0.05) is 0 Å². The first-order valence-electron chi connectivity index (χ1n) is 5.44. The molecule has 17 heavy (non-hydrogen) atoms. The van der Waals surface area contributed by atoms with Crippen LogP contribution in [0.2, 0.25) is 0 Å². The van der Waals surface area contributed by atoms with Gasteiger partial charge in [0.15, 0.2) is 0 Å². The van der Waals surface area contributed by atoms with E-state index in [0.717, 1.165) is 0 Å². The molecule has 0 heterocycles. The third kappa shape index (κ3) is 3.66. The van der Waals surface area contributed by atoms with Gasteiger partial charge in [0.2, 0.25) is 5.91 Å². The Bertz CT molecular complexity index is 443. The molecule has 0 unspecified atom stereocenters. The second-order valence-electron chi connectivity index (χ2n) is 4.09. The zero-order valence-electron chi connectivity index (χ0n) is 10.3. The summed E-state index contributed by atoms with van der Waals surface area (Å²) in [6.45, 7) is 3.10. The number of hydrogen-bond donors (Lipinski definition) is 0. The van der Waals surface area contributed by atoms with Gasteiger partial charge in [0.05, 0.1) is 0 Å². The highest BCUT2D eigenvalue weighted by atomic mass is 19.1. The van der Waals surface area contributed by atoms with Crippen molar-refractivity contribution in [3.63, 3.8) is 0 Å². The number of carbonyl (C=O) groups excluding carboxylic acids is 2. The van der Waals surface area contributed by atoms with Gasteiger partial charge in [0, 0.05) is 25.6 Å². The smallest absolute Gasteiger partial charge is 0.227 e.